The molecule has 1 aromatic heterocycles. The minimum absolute atomic E-state index is 0.0263. The van der Waals surface area contributed by atoms with Gasteiger partial charge in [0, 0.05) is 87.0 Å². The first-order chi connectivity index (χ1) is 47.7. The van der Waals surface area contributed by atoms with Gasteiger partial charge in [0.2, 0.25) is 53.2 Å². The number of halogens is 3. The van der Waals surface area contributed by atoms with E-state index in [0.717, 1.165) is 4.90 Å². The number of ether oxygens (including phenoxy) is 1. The molecule has 0 saturated carbocycles. The van der Waals surface area contributed by atoms with Gasteiger partial charge in [-0.25, -0.2) is 13.2 Å². The number of ketones is 2. The van der Waals surface area contributed by atoms with Gasteiger partial charge in [0.25, 0.3) is 0 Å². The number of nitrogens with two attached hydrogens (primary N) is 2. The molecule has 0 unspecified atom stereocenters. The van der Waals surface area contributed by atoms with Gasteiger partial charge in [-0.05, 0) is 160 Å². The molecule has 100 heavy (non-hydrogen) atoms. The van der Waals surface area contributed by atoms with Crippen molar-refractivity contribution in [2.75, 3.05) is 26.7 Å². The summed E-state index contributed by atoms with van der Waals surface area (Å²) in [7, 11) is 1.46. The van der Waals surface area contributed by atoms with E-state index in [0.29, 0.717) is 81.3 Å². The zero-order valence-electron chi connectivity index (χ0n) is 56.5. The van der Waals surface area contributed by atoms with Crippen LogP contribution in [0.5, 0.6) is 5.75 Å². The molecule has 0 spiro atoms. The number of hydrogen-bond donors (Lipinski definition) is 10. The molecule has 12 N–H and O–H groups in total. The fraction of sp³-hybridized carbons (Fsp3) is 0.466. The lowest BCUT2D eigenvalue weighted by Gasteiger charge is -2.37. The highest BCUT2D eigenvalue weighted by Crippen LogP contribution is 2.36. The Kier molecular flexibility index (Phi) is 24.9. The van der Waals surface area contributed by atoms with Crippen LogP contribution in [0.4, 0.5) is 13.2 Å². The molecule has 10 rings (SSSR count). The lowest BCUT2D eigenvalue weighted by atomic mass is 9.84. The molecule has 9 amide bonds. The number of aromatic nitrogens is 1. The number of nitrogens with one attached hydrogen (secondary N) is 7. The van der Waals surface area contributed by atoms with Crippen molar-refractivity contribution in [1.29, 1.82) is 0 Å². The Morgan fingerprint density at radius 1 is 0.750 bits per heavy atom. The van der Waals surface area contributed by atoms with E-state index >= 15 is 23.2 Å². The smallest absolute Gasteiger partial charge is 0.246 e. The maximum atomic E-state index is 16.2. The average Bonchev–Trinajstić information content (AvgIpc) is 1.57. The number of allylic oxidation sites excluding steroid dienone is 1. The first-order valence-electron chi connectivity index (χ1n) is 33.9. The third-order valence-electron chi connectivity index (χ3n) is 19.5. The lowest BCUT2D eigenvalue weighted by Crippen LogP contribution is -2.62. The topological polar surface area (TPSA) is 364 Å². The summed E-state index contributed by atoms with van der Waals surface area (Å²) >= 11 is 0. The van der Waals surface area contributed by atoms with Crippen LogP contribution in [0.1, 0.15) is 125 Å². The normalized spacial score (nSPS) is 25.7. The second-order valence-corrected chi connectivity index (χ2v) is 26.8. The molecule has 2 bridgehead atoms. The third kappa shape index (κ3) is 18.6. The lowest BCUT2D eigenvalue weighted by molar-refractivity contribution is -0.147. The number of alkyl halides is 1. The predicted molar refractivity (Wildman–Crippen MR) is 362 cm³/mol. The van der Waals surface area contributed by atoms with Crippen molar-refractivity contribution in [2.24, 2.45) is 23.3 Å². The molecule has 11 atom stereocenters. The van der Waals surface area contributed by atoms with E-state index in [2.05, 4.69) is 36.9 Å². The van der Waals surface area contributed by atoms with Crippen molar-refractivity contribution in [3.05, 3.63) is 142 Å². The quantitative estimate of drug-likeness (QED) is 0.0750. The van der Waals surface area contributed by atoms with Gasteiger partial charge in [0.05, 0.1) is 31.3 Å². The number of aromatic amines is 1. The van der Waals surface area contributed by atoms with Crippen LogP contribution in [-0.2, 0) is 85.0 Å². The second-order valence-electron chi connectivity index (χ2n) is 26.8. The first-order valence-corrected chi connectivity index (χ1v) is 33.9. The van der Waals surface area contributed by atoms with Crippen molar-refractivity contribution in [2.45, 2.75) is 178 Å². The summed E-state index contributed by atoms with van der Waals surface area (Å²) in [6, 6.07) is 12.1. The summed E-state index contributed by atoms with van der Waals surface area (Å²) in [6.07, 6.45) is -1.59. The standard InChI is InChI=1S/C73H88F3N11O13/c1-40-61(89)32-48(30-49-38-79-56-22-19-51(75)35-55(49)56)67(94)83-59(31-46-16-15-45-17-18-50(74)34-54(45)46)71(98)86-39-52(76)36-60(86)69(96)85-65(41(2)88)70(97)84-58(29-43-13-20-53(100-4)21-14-43)72(99)87-27-7-25-73(87,3)62(90)33-47(66(78)93)28-42-9-11-44(12-10-42)37-80-63(91)23-24-64(92)82-57(68(95)81-40)8-5-6-26-77/h9-14,16-22,34-35,38,40-41,47-48,52,57-60,65,79,88H,5-8,15,23-33,36-37,39,77H2,1-4H3,(H2,78,93)(H,80,91)(H,81,95)(H,82,92)(H,83,94)(H,84,97)(H,85,96)/t40-,41-,47-,48-,52+,57+,58+,59+,60+,65+,73+/m1/s1. The SMILES string of the molecule is COc1ccc(C[C@@H]2NC(=O)[C@H]([C@@H](C)O)NC(=O)[C@@H]3C[C@H](F)CN3C(=O)[C@H](CC3=CCc4ccc(F)cc43)NC(=O)[C@H](Cc3c[nH]c4ccc(F)cc34)CC(=O)[C@@H](C)NC(=O)[C@H](CCCCN)NC(=O)CCC(=O)NCc3ccc(cc3)C[C@@H](C(N)=O)CC(=O)[C@]3(C)CCCN3C2=O)cc1. The van der Waals surface area contributed by atoms with Gasteiger partial charge in [-0.1, -0.05) is 48.5 Å². The van der Waals surface area contributed by atoms with Crippen LogP contribution < -0.4 is 48.1 Å². The second kappa shape index (κ2) is 33.4. The number of amides is 9. The number of nitrogens with zero attached hydrogens (tertiary/aromatic N) is 2. The predicted octanol–water partition coefficient (Wildman–Crippen LogP) is 3.83. The zero-order valence-corrected chi connectivity index (χ0v) is 56.5. The maximum absolute atomic E-state index is 16.2. The van der Waals surface area contributed by atoms with Gasteiger partial charge >= 0.3 is 0 Å². The average molecular weight is 1380 g/mol. The van der Waals surface area contributed by atoms with Crippen LogP contribution in [0.25, 0.3) is 16.5 Å². The number of rotatable bonds is 13. The van der Waals surface area contributed by atoms with Crippen LogP contribution >= 0.6 is 0 Å². The molecule has 4 aromatic carbocycles. The maximum Gasteiger partial charge on any atom is 0.246 e. The van der Waals surface area contributed by atoms with Crippen molar-refractivity contribution >= 4 is 81.2 Å². The number of H-pyrrole nitrogens is 1. The van der Waals surface area contributed by atoms with Crippen LogP contribution in [0.3, 0.4) is 0 Å². The van der Waals surface area contributed by atoms with E-state index in [1.165, 1.54) is 62.4 Å². The fourth-order valence-corrected chi connectivity index (χ4v) is 13.7. The number of primary amides is 1. The highest BCUT2D eigenvalue weighted by molar-refractivity contribution is 6.01. The van der Waals surface area contributed by atoms with Crippen LogP contribution in [0, 0.1) is 23.5 Å². The van der Waals surface area contributed by atoms with E-state index in [9.17, 15) is 47.9 Å². The summed E-state index contributed by atoms with van der Waals surface area (Å²) in [5.41, 5.74) is 14.3. The fourth-order valence-electron chi connectivity index (χ4n) is 13.7. The first kappa shape index (κ1) is 74.5. The molecule has 5 aromatic rings. The highest BCUT2D eigenvalue weighted by atomic mass is 19.1. The zero-order chi connectivity index (χ0) is 72.1. The molecular weight excluding hydrogens is 1300 g/mol. The van der Waals surface area contributed by atoms with Crippen LogP contribution in [0.2, 0.25) is 0 Å². The molecule has 0 radical (unpaired) electrons. The molecule has 1 aliphatic carbocycles. The Bertz CT molecular complexity index is 3920. The molecule has 5 aliphatic rings. The Balaban J connectivity index is 1.06. The molecule has 534 valence electrons. The van der Waals surface area contributed by atoms with Crippen molar-refractivity contribution < 1.29 is 75.8 Å². The van der Waals surface area contributed by atoms with Crippen LogP contribution in [0.15, 0.2) is 97.2 Å². The highest BCUT2D eigenvalue weighted by Gasteiger charge is 2.49. The number of aliphatic hydroxyl groups excluding tert-OH is 1. The van der Waals surface area contributed by atoms with Gasteiger partial charge < -0.3 is 68.0 Å². The van der Waals surface area contributed by atoms with E-state index < -0.39 is 162 Å². The van der Waals surface area contributed by atoms with Gasteiger partial charge in [-0.3, -0.25) is 52.7 Å². The van der Waals surface area contributed by atoms with E-state index in [1.807, 2.05) is 0 Å². The number of aliphatic hydroxyl groups is 1. The number of Topliss-reactive ketones (excluding diaryl/α,β-unsaturated/α-hetero) is 2. The number of benzene rings is 4. The molecular formula is C73H88F3N11O13. The molecule has 4 aliphatic heterocycles. The number of unbranched alkanes of at least 4 members (excludes halogenated alkanes) is 1. The summed E-state index contributed by atoms with van der Waals surface area (Å²) in [5, 5.41) is 27.8. The van der Waals surface area contributed by atoms with Crippen molar-refractivity contribution in [3.63, 3.8) is 0 Å². The van der Waals surface area contributed by atoms with Gasteiger partial charge in [0.15, 0.2) is 11.6 Å². The van der Waals surface area contributed by atoms with Crippen molar-refractivity contribution in [3.8, 4) is 5.75 Å². The summed E-state index contributed by atoms with van der Waals surface area (Å²) in [5.74, 6) is -11.9. The Morgan fingerprint density at radius 2 is 1.44 bits per heavy atom. The van der Waals surface area contributed by atoms with Crippen molar-refractivity contribution in [1.82, 2.24) is 46.7 Å². The number of carbonyl (C=O) groups is 11. The largest absolute Gasteiger partial charge is 0.497 e. The molecule has 2 fully saturated rings. The number of methoxy groups -OCH3 is 1. The van der Waals surface area contributed by atoms with Gasteiger partial charge in [-0.15, -0.1) is 0 Å². The van der Waals surface area contributed by atoms with Gasteiger partial charge in [0.1, 0.15) is 53.8 Å². The molecule has 5 heterocycles. The minimum atomic E-state index is -1.87. The molecule has 2 saturated heterocycles. The van der Waals surface area contributed by atoms with E-state index in [-0.39, 0.29) is 77.4 Å². The molecule has 24 nitrogen and oxygen atoms in total. The minimum Gasteiger partial charge on any atom is -0.497 e. The van der Waals surface area contributed by atoms with Crippen LogP contribution in [-0.4, -0.2) is 165 Å². The Labute approximate surface area is 577 Å². The van der Waals surface area contributed by atoms with E-state index in [1.54, 1.807) is 67.6 Å². The summed E-state index contributed by atoms with van der Waals surface area (Å²) < 4.78 is 51.5. The Morgan fingerprint density at radius 3 is 2.15 bits per heavy atom. The van der Waals surface area contributed by atoms with E-state index in [4.69, 9.17) is 16.2 Å². The number of fused-ring (bicyclic) bond motifs is 30. The summed E-state index contributed by atoms with van der Waals surface area (Å²) in [4.78, 5) is 164. The third-order valence-corrected chi connectivity index (χ3v) is 19.5. The van der Waals surface area contributed by atoms with Gasteiger partial charge in [-0.2, -0.15) is 0 Å². The molecule has 27 heteroatoms. The number of hydrogen-bond acceptors (Lipinski definition) is 14. The Hall–Kier alpha value is -9.76. The number of carbonyl (C=O) groups excluding carboxylic acids is 11. The summed E-state index contributed by atoms with van der Waals surface area (Å²) in [6.45, 7) is 3.78. The monoisotopic (exact) mass is 1380 g/mol.